The van der Waals surface area contributed by atoms with Gasteiger partial charge in [-0.1, -0.05) is 40.5 Å². The van der Waals surface area contributed by atoms with Gasteiger partial charge in [0.25, 0.3) is 0 Å². The lowest BCUT2D eigenvalue weighted by molar-refractivity contribution is 0.388. The Balaban J connectivity index is 0. The fourth-order valence-corrected chi connectivity index (χ4v) is 1.29. The molecule has 0 aliphatic rings. The summed E-state index contributed by atoms with van der Waals surface area (Å²) < 4.78 is 6.47. The summed E-state index contributed by atoms with van der Waals surface area (Å²) >= 11 is 3.64. The fourth-order valence-electron chi connectivity index (χ4n) is 1.29. The fraction of sp³-hybridized carbons (Fsp3) is 1.00. The maximum atomic E-state index is 6.47. The van der Waals surface area contributed by atoms with Gasteiger partial charge in [-0.2, -0.15) is 0 Å². The topological polar surface area (TPSA) is 20.2 Å². The number of rotatable bonds is 4. The Labute approximate surface area is 75.9 Å². The highest BCUT2D eigenvalue weighted by Gasteiger charge is 2.04. The minimum Gasteiger partial charge on any atom is -0.295 e. The predicted octanol–water partition coefficient (Wildman–Crippen LogP) is 3.60. The van der Waals surface area contributed by atoms with Crippen LogP contribution in [0.1, 0.15) is 47.0 Å². The van der Waals surface area contributed by atoms with Gasteiger partial charge in [0.15, 0.2) is 0 Å². The second-order valence-electron chi connectivity index (χ2n) is 3.31. The van der Waals surface area contributed by atoms with Crippen LogP contribution in [0.15, 0.2) is 0 Å². The van der Waals surface area contributed by atoms with Crippen molar-refractivity contribution in [3.05, 3.63) is 0 Å². The van der Waals surface area contributed by atoms with Gasteiger partial charge in [0.05, 0.1) is 11.9 Å². The largest absolute Gasteiger partial charge is 0.295 e. The molecule has 0 aromatic carbocycles. The van der Waals surface area contributed by atoms with Crippen molar-refractivity contribution in [1.29, 1.82) is 0 Å². The maximum absolute atomic E-state index is 6.47. The molecule has 0 heterocycles. The predicted molar refractivity (Wildman–Crippen MR) is 51.6 cm³/mol. The maximum Gasteiger partial charge on any atom is 0.0579 e. The van der Waals surface area contributed by atoms with Crippen molar-refractivity contribution >= 4 is 11.9 Å². The summed E-state index contributed by atoms with van der Waals surface area (Å²) in [6.07, 6.45) is 4.12. The summed E-state index contributed by atoms with van der Waals surface area (Å²) in [4.78, 5) is 0. The monoisotopic (exact) mass is 180 g/mol. The van der Waals surface area contributed by atoms with Gasteiger partial charge in [0.2, 0.25) is 0 Å². The molecule has 0 amide bonds. The normalized spacial score (nSPS) is 9.82. The molecule has 0 aromatic heterocycles. The first-order valence-electron chi connectivity index (χ1n) is 4.37. The first-order chi connectivity index (χ1) is 5.20. The Kier molecular flexibility index (Phi) is 12.9. The van der Waals surface area contributed by atoms with Gasteiger partial charge in [-0.15, -0.1) is 0 Å². The lowest BCUT2D eigenvalue weighted by Crippen LogP contribution is -2.00. The quantitative estimate of drug-likeness (QED) is 0.701. The van der Waals surface area contributed by atoms with E-state index < -0.39 is 0 Å². The molecule has 0 aliphatic carbocycles. The molecule has 0 aromatic rings. The average Bonchev–Trinajstić information content (AvgIpc) is 2.03. The summed E-state index contributed by atoms with van der Waals surface area (Å²) in [5, 5.41) is 0. The Morgan fingerprint density at radius 3 is 1.55 bits per heavy atom. The van der Waals surface area contributed by atoms with Crippen LogP contribution in [0.4, 0.5) is 0 Å². The molecule has 70 valence electrons. The second-order valence-corrected chi connectivity index (χ2v) is 3.31. The summed E-state index contributed by atoms with van der Waals surface area (Å²) in [6, 6.07) is 0. The Hall–Kier alpha value is 0.250. The van der Waals surface area contributed by atoms with E-state index in [0.29, 0.717) is 0 Å². The molecule has 0 spiro atoms. The van der Waals surface area contributed by atoms with Crippen LogP contribution in [-0.4, -0.2) is 4.66 Å². The first-order valence-corrected chi connectivity index (χ1v) is 4.71. The van der Waals surface area contributed by atoms with Crippen molar-refractivity contribution in [2.75, 3.05) is 0 Å². The van der Waals surface area contributed by atoms with Crippen LogP contribution in [0.3, 0.4) is 0 Å². The molecule has 0 radical (unpaired) electrons. The number of halogens is 1. The summed E-state index contributed by atoms with van der Waals surface area (Å²) in [5.74, 6) is 1.86. The van der Waals surface area contributed by atoms with Crippen LogP contribution >= 0.6 is 11.9 Å². The molecule has 0 atom stereocenters. The second kappa shape index (κ2) is 10.2. The zero-order chi connectivity index (χ0) is 9.28. The van der Waals surface area contributed by atoms with Crippen LogP contribution in [0.5, 0.6) is 0 Å². The third-order valence-corrected chi connectivity index (χ3v) is 1.96. The van der Waals surface area contributed by atoms with Crippen LogP contribution in [0.2, 0.25) is 0 Å². The Bertz CT molecular complexity index is 60.6. The van der Waals surface area contributed by atoms with Crippen molar-refractivity contribution in [1.82, 2.24) is 0 Å². The van der Waals surface area contributed by atoms with Crippen LogP contribution < -0.4 is 0 Å². The molecule has 0 aliphatic heterocycles. The van der Waals surface area contributed by atoms with Crippen LogP contribution in [0.25, 0.3) is 0 Å². The van der Waals surface area contributed by atoms with E-state index in [2.05, 4.69) is 39.6 Å². The molecule has 0 rings (SSSR count). The Morgan fingerprint density at radius 2 is 1.45 bits per heavy atom. The van der Waals surface area contributed by atoms with E-state index in [1.54, 1.807) is 0 Å². The van der Waals surface area contributed by atoms with Gasteiger partial charge in [-0.05, 0) is 18.3 Å². The van der Waals surface area contributed by atoms with Crippen LogP contribution in [0, 0.1) is 11.8 Å². The zero-order valence-electron chi connectivity index (χ0n) is 8.10. The van der Waals surface area contributed by atoms with Gasteiger partial charge < -0.3 is 0 Å². The highest BCUT2D eigenvalue weighted by atomic mass is 35.5. The SMILES string of the molecule is CCC(CC)CC(C)C.OCl. The molecule has 0 bridgehead atoms. The van der Waals surface area contributed by atoms with E-state index >= 15 is 0 Å². The smallest absolute Gasteiger partial charge is 0.0579 e. The Morgan fingerprint density at radius 1 is 1.09 bits per heavy atom. The highest BCUT2D eigenvalue weighted by Crippen LogP contribution is 2.17. The van der Waals surface area contributed by atoms with Crippen molar-refractivity contribution in [2.45, 2.75) is 47.0 Å². The molecular weight excluding hydrogens is 160 g/mol. The van der Waals surface area contributed by atoms with Gasteiger partial charge in [0, 0.05) is 0 Å². The lowest BCUT2D eigenvalue weighted by atomic mass is 9.93. The molecule has 11 heavy (non-hydrogen) atoms. The first kappa shape index (κ1) is 13.8. The number of hydrogen-bond acceptors (Lipinski definition) is 1. The summed E-state index contributed by atoms with van der Waals surface area (Å²) in [5.41, 5.74) is 0. The summed E-state index contributed by atoms with van der Waals surface area (Å²) in [6.45, 7) is 9.18. The molecule has 1 nitrogen and oxygen atoms in total. The van der Waals surface area contributed by atoms with E-state index in [4.69, 9.17) is 4.66 Å². The molecular formula is C9H21ClO. The highest BCUT2D eigenvalue weighted by molar-refractivity contribution is 6.04. The number of hydrogen-bond donors (Lipinski definition) is 1. The third kappa shape index (κ3) is 10.2. The van der Waals surface area contributed by atoms with E-state index in [-0.39, 0.29) is 0 Å². The molecule has 0 saturated heterocycles. The van der Waals surface area contributed by atoms with E-state index in [1.165, 1.54) is 19.3 Å². The van der Waals surface area contributed by atoms with Crippen molar-refractivity contribution in [3.63, 3.8) is 0 Å². The zero-order valence-corrected chi connectivity index (χ0v) is 8.86. The van der Waals surface area contributed by atoms with Gasteiger partial charge >= 0.3 is 0 Å². The van der Waals surface area contributed by atoms with Crippen molar-refractivity contribution < 1.29 is 4.66 Å². The van der Waals surface area contributed by atoms with Gasteiger partial charge in [-0.25, -0.2) is 0 Å². The van der Waals surface area contributed by atoms with Crippen LogP contribution in [-0.2, 0) is 0 Å². The van der Waals surface area contributed by atoms with E-state index in [9.17, 15) is 0 Å². The lowest BCUT2D eigenvalue weighted by Gasteiger charge is -2.13. The molecule has 0 fully saturated rings. The van der Waals surface area contributed by atoms with Gasteiger partial charge in [0.1, 0.15) is 0 Å². The molecule has 0 unspecified atom stereocenters. The average molecular weight is 181 g/mol. The van der Waals surface area contributed by atoms with Crippen molar-refractivity contribution in [2.24, 2.45) is 11.8 Å². The van der Waals surface area contributed by atoms with E-state index in [0.717, 1.165) is 11.8 Å². The summed E-state index contributed by atoms with van der Waals surface area (Å²) in [7, 11) is 0. The van der Waals surface area contributed by atoms with Gasteiger partial charge in [-0.3, -0.25) is 4.66 Å². The minimum absolute atomic E-state index is 0.884. The van der Waals surface area contributed by atoms with E-state index in [1.807, 2.05) is 0 Å². The third-order valence-electron chi connectivity index (χ3n) is 1.96. The van der Waals surface area contributed by atoms with Crippen molar-refractivity contribution in [3.8, 4) is 0 Å². The minimum atomic E-state index is 0.884. The molecule has 1 N–H and O–H groups in total. The molecule has 0 saturated carbocycles. The standard InChI is InChI=1S/C9H20.ClHO/c1-5-9(6-2)7-8(3)4;1-2/h8-9H,5-7H2,1-4H3;2H. The molecule has 2 heteroatoms.